The summed E-state index contributed by atoms with van der Waals surface area (Å²) < 4.78 is 19.3. The molecule has 0 radical (unpaired) electrons. The van der Waals surface area contributed by atoms with Gasteiger partial charge >= 0.3 is 193 Å². The SMILES string of the molecule is O=C(Oc1cc[c]([Co](=[O])[c]2ccc(N3C(=O)C=CC3=O)cc2)cc1)c1ccc(N2C(=O)C=CC2=O)cc1. The standard InChI is InChI=1S/C17H10NO4.C10H6NO2.Co.O/c19-15-10-11-16(20)18(15)13-8-6-12(7-9-13)17(21)22-14-4-2-1-3-5-14;12-9-6-7-10(13)11(9)8-4-2-1-3-5-8;;/h2-11H;2-7H;;. The number of imide groups is 2. The van der Waals surface area contributed by atoms with Crippen molar-refractivity contribution in [2.24, 2.45) is 0 Å². The molecule has 4 amide bonds. The second-order valence-electron chi connectivity index (χ2n) is 7.73. The van der Waals surface area contributed by atoms with Crippen LogP contribution in [-0.2, 0) is 36.6 Å². The predicted molar refractivity (Wildman–Crippen MR) is 128 cm³/mol. The molecule has 3 aromatic carbocycles. The van der Waals surface area contributed by atoms with Crippen molar-refractivity contribution in [3.63, 3.8) is 0 Å². The normalized spacial score (nSPS) is 15.1. The van der Waals surface area contributed by atoms with Gasteiger partial charge in [0.1, 0.15) is 0 Å². The van der Waals surface area contributed by atoms with Gasteiger partial charge in [-0.3, -0.25) is 9.59 Å². The molecule has 185 valence electrons. The minimum absolute atomic E-state index is 0.219. The summed E-state index contributed by atoms with van der Waals surface area (Å²) in [6.45, 7) is 0. The number of hydrogen-bond acceptors (Lipinski definition) is 7. The molecular formula is C27H16CoN2O7. The van der Waals surface area contributed by atoms with E-state index in [2.05, 4.69) is 0 Å². The van der Waals surface area contributed by atoms with Crippen molar-refractivity contribution in [3.05, 3.63) is 103 Å². The van der Waals surface area contributed by atoms with Gasteiger partial charge in [-0.25, -0.2) is 0 Å². The molecule has 3 aromatic rings. The fraction of sp³-hybridized carbons (Fsp3) is 0. The van der Waals surface area contributed by atoms with E-state index in [9.17, 15) is 27.8 Å². The first-order valence-electron chi connectivity index (χ1n) is 10.8. The van der Waals surface area contributed by atoms with E-state index in [1.165, 1.54) is 60.7 Å². The van der Waals surface area contributed by atoms with E-state index in [1.54, 1.807) is 36.4 Å². The van der Waals surface area contributed by atoms with E-state index in [4.69, 9.17) is 4.74 Å². The van der Waals surface area contributed by atoms with E-state index in [0.717, 1.165) is 9.80 Å². The van der Waals surface area contributed by atoms with Crippen LogP contribution in [0, 0.1) is 0 Å². The van der Waals surface area contributed by atoms with Crippen LogP contribution >= 0.6 is 0 Å². The van der Waals surface area contributed by atoms with Crippen LogP contribution in [-0.4, -0.2) is 29.6 Å². The Bertz CT molecular complexity index is 1500. The summed E-state index contributed by atoms with van der Waals surface area (Å²) >= 11 is -1.94. The molecule has 0 N–H and O–H groups in total. The molecule has 5 rings (SSSR count). The van der Waals surface area contributed by atoms with Crippen molar-refractivity contribution < 1.29 is 46.2 Å². The first-order valence-corrected chi connectivity index (χ1v) is 12.2. The van der Waals surface area contributed by atoms with Gasteiger partial charge in [0.05, 0.1) is 0 Å². The zero-order valence-electron chi connectivity index (χ0n) is 18.8. The molecule has 9 nitrogen and oxygen atoms in total. The number of hydrogen-bond donors (Lipinski definition) is 0. The fourth-order valence-corrected chi connectivity index (χ4v) is 4.94. The Morgan fingerprint density at radius 3 is 1.38 bits per heavy atom. The van der Waals surface area contributed by atoms with Crippen LogP contribution in [0.15, 0.2) is 97.1 Å². The molecule has 2 aliphatic rings. The van der Waals surface area contributed by atoms with Crippen LogP contribution in [0.4, 0.5) is 11.4 Å². The summed E-state index contributed by atoms with van der Waals surface area (Å²) in [5, 5.41) is 0. The molecular weight excluding hydrogens is 523 g/mol. The Morgan fingerprint density at radius 2 is 0.946 bits per heavy atom. The van der Waals surface area contributed by atoms with Crippen molar-refractivity contribution in [3.8, 4) is 5.75 Å². The van der Waals surface area contributed by atoms with Crippen LogP contribution in [0.3, 0.4) is 0 Å². The van der Waals surface area contributed by atoms with Crippen LogP contribution in [0.2, 0.25) is 0 Å². The molecule has 0 aromatic heterocycles. The van der Waals surface area contributed by atoms with Crippen LogP contribution in [0.1, 0.15) is 10.4 Å². The Hall–Kier alpha value is -4.80. The number of rotatable bonds is 6. The molecule has 0 fully saturated rings. The van der Waals surface area contributed by atoms with Crippen molar-refractivity contribution in [2.45, 2.75) is 0 Å². The maximum atomic E-state index is 13.0. The average molecular weight is 539 g/mol. The van der Waals surface area contributed by atoms with Gasteiger partial charge in [-0.15, -0.1) is 0 Å². The van der Waals surface area contributed by atoms with E-state index < -0.39 is 43.2 Å². The number of nitrogens with zero attached hydrogens (tertiary/aromatic N) is 2. The Balaban J connectivity index is 1.23. The van der Waals surface area contributed by atoms with Crippen LogP contribution in [0.25, 0.3) is 0 Å². The Labute approximate surface area is 214 Å². The third-order valence-corrected chi connectivity index (χ3v) is 7.19. The van der Waals surface area contributed by atoms with Crippen molar-refractivity contribution in [1.82, 2.24) is 0 Å². The maximum absolute atomic E-state index is 13.0. The topological polar surface area (TPSA) is 118 Å². The zero-order chi connectivity index (χ0) is 26.1. The number of carbonyl (C=O) groups excluding carboxylic acids is 5. The van der Waals surface area contributed by atoms with Gasteiger partial charge in [0.25, 0.3) is 0 Å². The first kappa shape index (κ1) is 23.9. The molecule has 0 unspecified atom stereocenters. The quantitative estimate of drug-likeness (QED) is 0.266. The monoisotopic (exact) mass is 539 g/mol. The number of amides is 4. The fourth-order valence-electron chi connectivity index (χ4n) is 3.61. The molecule has 37 heavy (non-hydrogen) atoms. The summed E-state index contributed by atoms with van der Waals surface area (Å²) in [5.41, 5.74) is 0.946. The number of ether oxygens (including phenoxy) is 1. The van der Waals surface area contributed by atoms with Gasteiger partial charge in [-0.2, -0.15) is 0 Å². The number of esters is 1. The summed E-state index contributed by atoms with van der Waals surface area (Å²) in [4.78, 5) is 61.7. The number of anilines is 2. The van der Waals surface area contributed by atoms with Crippen LogP contribution in [0.5, 0.6) is 5.75 Å². The van der Waals surface area contributed by atoms with E-state index in [1.807, 2.05) is 0 Å². The number of carbonyl (C=O) groups is 5. The van der Waals surface area contributed by atoms with E-state index >= 15 is 0 Å². The van der Waals surface area contributed by atoms with Gasteiger partial charge < -0.3 is 0 Å². The zero-order valence-corrected chi connectivity index (χ0v) is 19.9. The van der Waals surface area contributed by atoms with Gasteiger partial charge in [-0.1, -0.05) is 0 Å². The second kappa shape index (κ2) is 9.68. The molecule has 0 saturated heterocycles. The third-order valence-electron chi connectivity index (χ3n) is 5.41. The van der Waals surface area contributed by atoms with Crippen molar-refractivity contribution >= 4 is 50.0 Å². The molecule has 0 saturated carbocycles. The van der Waals surface area contributed by atoms with Gasteiger partial charge in [0, 0.05) is 12.2 Å². The number of benzene rings is 3. The molecule has 0 bridgehead atoms. The Morgan fingerprint density at radius 1 is 0.568 bits per heavy atom. The van der Waals surface area contributed by atoms with Crippen molar-refractivity contribution in [1.29, 1.82) is 0 Å². The first-order chi connectivity index (χ1) is 17.8. The molecule has 0 aliphatic carbocycles. The van der Waals surface area contributed by atoms with E-state index in [-0.39, 0.29) is 11.3 Å². The predicted octanol–water partition coefficient (Wildman–Crippen LogP) is 1.68. The molecule has 0 spiro atoms. The summed E-state index contributed by atoms with van der Waals surface area (Å²) in [6.07, 6.45) is 4.73. The second-order valence-corrected chi connectivity index (χ2v) is 9.61. The molecule has 0 atom stereocenters. The summed E-state index contributed by atoms with van der Waals surface area (Å²) in [7, 11) is 0. The van der Waals surface area contributed by atoms with Crippen LogP contribution < -0.4 is 23.5 Å². The average Bonchev–Trinajstić information content (AvgIpc) is 3.43. The van der Waals surface area contributed by atoms with Gasteiger partial charge in [-0.05, 0) is 0 Å². The molecule has 10 heteroatoms. The van der Waals surface area contributed by atoms with Gasteiger partial charge in [0.2, 0.25) is 0 Å². The molecule has 2 heterocycles. The van der Waals surface area contributed by atoms with Gasteiger partial charge in [0.15, 0.2) is 0 Å². The summed E-state index contributed by atoms with van der Waals surface area (Å²) in [6, 6.07) is 18.3. The Kier molecular flexibility index (Phi) is 6.26. The van der Waals surface area contributed by atoms with Crippen molar-refractivity contribution in [2.75, 3.05) is 9.80 Å². The minimum atomic E-state index is -1.94. The van der Waals surface area contributed by atoms with E-state index in [0.29, 0.717) is 20.4 Å². The molecule has 2 aliphatic heterocycles. The summed E-state index contributed by atoms with van der Waals surface area (Å²) in [5.74, 6) is -2.18. The third kappa shape index (κ3) is 4.70.